The third kappa shape index (κ3) is 1.39. The van der Waals surface area contributed by atoms with Crippen molar-refractivity contribution in [3.05, 3.63) is 29.8 Å². The minimum Gasteiger partial charge on any atom is -0.318 e. The first-order valence-corrected chi connectivity index (χ1v) is 4.46. The highest BCUT2D eigenvalue weighted by molar-refractivity contribution is 5.17. The molecule has 2 aromatic rings. The molecule has 6 nitrogen and oxygen atoms in total. The van der Waals surface area contributed by atoms with Crippen LogP contribution in [-0.2, 0) is 6.54 Å². The van der Waals surface area contributed by atoms with E-state index < -0.39 is 0 Å². The van der Waals surface area contributed by atoms with Gasteiger partial charge in [-0.25, -0.2) is 0 Å². The zero-order chi connectivity index (χ0) is 9.97. The van der Waals surface area contributed by atoms with E-state index >= 15 is 0 Å². The Morgan fingerprint density at radius 2 is 2.50 bits per heavy atom. The smallest absolute Gasteiger partial charge is 0.105 e. The van der Waals surface area contributed by atoms with Gasteiger partial charge >= 0.3 is 0 Å². The van der Waals surface area contributed by atoms with Crippen LogP contribution in [0.2, 0.25) is 0 Å². The lowest BCUT2D eigenvalue weighted by molar-refractivity contribution is 0.595. The van der Waals surface area contributed by atoms with Gasteiger partial charge in [-0.05, 0) is 13.0 Å². The lowest BCUT2D eigenvalue weighted by atomic mass is 10.1. The number of nitrogens with two attached hydrogens (primary N) is 1. The number of nitrogens with one attached hydrogen (secondary N) is 1. The standard InChI is InChI=1S/C8H12N6/c1-2-14-7(3-4-11-14)8(9)6-5-10-13-12-6/h3-5,8H,2,9H2,1H3,(H,10,12,13). The van der Waals surface area contributed by atoms with Gasteiger partial charge in [0.05, 0.1) is 17.9 Å². The lowest BCUT2D eigenvalue weighted by Gasteiger charge is -2.09. The van der Waals surface area contributed by atoms with Crippen LogP contribution in [0.1, 0.15) is 24.4 Å². The van der Waals surface area contributed by atoms with E-state index in [4.69, 9.17) is 5.73 Å². The summed E-state index contributed by atoms with van der Waals surface area (Å²) in [6, 6.07) is 1.62. The second kappa shape index (κ2) is 3.59. The number of hydrogen-bond donors (Lipinski definition) is 2. The fourth-order valence-corrected chi connectivity index (χ4v) is 1.38. The van der Waals surface area contributed by atoms with Gasteiger partial charge in [0.1, 0.15) is 5.69 Å². The summed E-state index contributed by atoms with van der Waals surface area (Å²) in [5.74, 6) is 0. The largest absolute Gasteiger partial charge is 0.318 e. The molecule has 0 fully saturated rings. The summed E-state index contributed by atoms with van der Waals surface area (Å²) in [6.07, 6.45) is 3.36. The van der Waals surface area contributed by atoms with E-state index in [0.717, 1.165) is 17.9 Å². The summed E-state index contributed by atoms with van der Waals surface area (Å²) in [4.78, 5) is 0. The van der Waals surface area contributed by atoms with E-state index in [1.54, 1.807) is 12.4 Å². The van der Waals surface area contributed by atoms with E-state index in [1.807, 2.05) is 17.7 Å². The van der Waals surface area contributed by atoms with Gasteiger partial charge < -0.3 is 5.73 Å². The molecule has 0 saturated heterocycles. The van der Waals surface area contributed by atoms with Crippen molar-refractivity contribution in [1.82, 2.24) is 25.2 Å². The molecule has 0 aliphatic rings. The predicted molar refractivity (Wildman–Crippen MR) is 50.3 cm³/mol. The Labute approximate surface area is 81.1 Å². The average molecular weight is 192 g/mol. The third-order valence-corrected chi connectivity index (χ3v) is 2.12. The summed E-state index contributed by atoms with van der Waals surface area (Å²) in [6.45, 7) is 2.82. The van der Waals surface area contributed by atoms with Gasteiger partial charge in [0, 0.05) is 12.7 Å². The second-order valence-electron chi connectivity index (χ2n) is 2.94. The molecular formula is C8H12N6. The molecule has 1 unspecified atom stereocenters. The quantitative estimate of drug-likeness (QED) is 0.720. The van der Waals surface area contributed by atoms with E-state index in [9.17, 15) is 0 Å². The zero-order valence-corrected chi connectivity index (χ0v) is 7.88. The molecule has 0 saturated carbocycles. The number of rotatable bonds is 3. The number of nitrogens with zero attached hydrogens (tertiary/aromatic N) is 4. The monoisotopic (exact) mass is 192 g/mol. The highest BCUT2D eigenvalue weighted by Crippen LogP contribution is 2.15. The van der Waals surface area contributed by atoms with E-state index in [-0.39, 0.29) is 6.04 Å². The molecular weight excluding hydrogens is 180 g/mol. The second-order valence-corrected chi connectivity index (χ2v) is 2.94. The van der Waals surface area contributed by atoms with Crippen molar-refractivity contribution in [2.24, 2.45) is 5.73 Å². The van der Waals surface area contributed by atoms with E-state index in [1.165, 1.54) is 0 Å². The van der Waals surface area contributed by atoms with Crippen molar-refractivity contribution < 1.29 is 0 Å². The van der Waals surface area contributed by atoms with E-state index in [2.05, 4.69) is 20.5 Å². The molecule has 2 aromatic heterocycles. The summed E-state index contributed by atoms with van der Waals surface area (Å²) in [7, 11) is 0. The Kier molecular flexibility index (Phi) is 2.28. The fourth-order valence-electron chi connectivity index (χ4n) is 1.38. The number of aromatic amines is 1. The number of aromatic nitrogens is 5. The SMILES string of the molecule is CCn1nccc1C(N)c1cn[nH]n1. The Morgan fingerprint density at radius 1 is 1.64 bits per heavy atom. The van der Waals surface area contributed by atoms with Gasteiger partial charge in [-0.2, -0.15) is 20.5 Å². The zero-order valence-electron chi connectivity index (χ0n) is 7.88. The maximum atomic E-state index is 6.00. The molecule has 14 heavy (non-hydrogen) atoms. The van der Waals surface area contributed by atoms with Crippen LogP contribution in [0, 0.1) is 0 Å². The average Bonchev–Trinajstić information content (AvgIpc) is 2.87. The molecule has 74 valence electrons. The summed E-state index contributed by atoms with van der Waals surface area (Å²) in [5, 5.41) is 14.4. The number of aryl methyl sites for hydroxylation is 1. The third-order valence-electron chi connectivity index (χ3n) is 2.12. The molecule has 3 N–H and O–H groups in total. The fraction of sp³-hybridized carbons (Fsp3) is 0.375. The van der Waals surface area contributed by atoms with Gasteiger partial charge in [-0.3, -0.25) is 4.68 Å². The minimum absolute atomic E-state index is 0.267. The topological polar surface area (TPSA) is 85.4 Å². The maximum Gasteiger partial charge on any atom is 0.105 e. The summed E-state index contributed by atoms with van der Waals surface area (Å²) >= 11 is 0. The van der Waals surface area contributed by atoms with Gasteiger partial charge in [-0.15, -0.1) is 0 Å². The van der Waals surface area contributed by atoms with Crippen LogP contribution < -0.4 is 5.73 Å². The summed E-state index contributed by atoms with van der Waals surface area (Å²) in [5.41, 5.74) is 7.67. The highest BCUT2D eigenvalue weighted by Gasteiger charge is 2.15. The molecule has 0 aliphatic carbocycles. The van der Waals surface area contributed by atoms with Crippen molar-refractivity contribution >= 4 is 0 Å². The van der Waals surface area contributed by atoms with Crippen LogP contribution in [0.3, 0.4) is 0 Å². The molecule has 0 aromatic carbocycles. The number of H-pyrrole nitrogens is 1. The van der Waals surface area contributed by atoms with Gasteiger partial charge in [0.25, 0.3) is 0 Å². The van der Waals surface area contributed by atoms with Crippen molar-refractivity contribution in [2.45, 2.75) is 19.5 Å². The van der Waals surface area contributed by atoms with Gasteiger partial charge in [-0.1, -0.05) is 0 Å². The first-order valence-electron chi connectivity index (χ1n) is 4.46. The maximum absolute atomic E-state index is 6.00. The van der Waals surface area contributed by atoms with Crippen LogP contribution in [0.25, 0.3) is 0 Å². The molecule has 2 heterocycles. The molecule has 0 radical (unpaired) electrons. The lowest BCUT2D eigenvalue weighted by Crippen LogP contribution is -2.17. The minimum atomic E-state index is -0.267. The summed E-state index contributed by atoms with van der Waals surface area (Å²) < 4.78 is 1.85. The number of hydrogen-bond acceptors (Lipinski definition) is 4. The molecule has 6 heteroatoms. The Morgan fingerprint density at radius 3 is 3.14 bits per heavy atom. The van der Waals surface area contributed by atoms with Crippen LogP contribution >= 0.6 is 0 Å². The van der Waals surface area contributed by atoms with Crippen LogP contribution in [0.5, 0.6) is 0 Å². The molecule has 0 aliphatic heterocycles. The normalized spacial score (nSPS) is 13.0. The molecule has 0 amide bonds. The Balaban J connectivity index is 2.31. The van der Waals surface area contributed by atoms with Crippen molar-refractivity contribution in [2.75, 3.05) is 0 Å². The van der Waals surface area contributed by atoms with Crippen molar-refractivity contribution in [1.29, 1.82) is 0 Å². The van der Waals surface area contributed by atoms with E-state index in [0.29, 0.717) is 0 Å². The molecule has 0 bridgehead atoms. The van der Waals surface area contributed by atoms with Gasteiger partial charge in [0.2, 0.25) is 0 Å². The Hall–Kier alpha value is -1.69. The van der Waals surface area contributed by atoms with Crippen molar-refractivity contribution in [3.63, 3.8) is 0 Å². The molecule has 2 rings (SSSR count). The molecule has 0 spiro atoms. The van der Waals surface area contributed by atoms with Crippen LogP contribution in [0.4, 0.5) is 0 Å². The first kappa shape index (κ1) is 8.89. The predicted octanol–water partition coefficient (Wildman–Crippen LogP) is 0.0692. The molecule has 1 atom stereocenters. The Bertz CT molecular complexity index is 390. The first-order chi connectivity index (χ1) is 6.83. The van der Waals surface area contributed by atoms with Crippen molar-refractivity contribution in [3.8, 4) is 0 Å². The van der Waals surface area contributed by atoms with Crippen LogP contribution in [-0.4, -0.2) is 25.2 Å². The van der Waals surface area contributed by atoms with Gasteiger partial charge in [0.15, 0.2) is 0 Å². The highest BCUT2D eigenvalue weighted by atomic mass is 15.3. The van der Waals surface area contributed by atoms with Crippen LogP contribution in [0.15, 0.2) is 18.5 Å².